The highest BCUT2D eigenvalue weighted by atomic mass is 32.1. The van der Waals surface area contributed by atoms with Crippen LogP contribution in [0.5, 0.6) is 0 Å². The van der Waals surface area contributed by atoms with Gasteiger partial charge in [-0.3, -0.25) is 0 Å². The van der Waals surface area contributed by atoms with Gasteiger partial charge in [0, 0.05) is 11.3 Å². The van der Waals surface area contributed by atoms with Crippen molar-refractivity contribution in [3.8, 4) is 0 Å². The van der Waals surface area contributed by atoms with Crippen molar-refractivity contribution in [1.82, 2.24) is 0 Å². The third kappa shape index (κ3) is 1.64. The van der Waals surface area contributed by atoms with Gasteiger partial charge in [0.2, 0.25) is 0 Å². The van der Waals surface area contributed by atoms with Gasteiger partial charge in [-0.2, -0.15) is 0 Å². The van der Waals surface area contributed by atoms with Crippen molar-refractivity contribution in [3.05, 3.63) is 36.5 Å². The van der Waals surface area contributed by atoms with Gasteiger partial charge in [0.15, 0.2) is 0 Å². The molecule has 0 atom stereocenters. The molecule has 0 spiro atoms. The fraction of sp³-hybridized carbons (Fsp3) is 0.222. The molecule has 1 aliphatic rings. The van der Waals surface area contributed by atoms with E-state index in [0.29, 0.717) is 0 Å². The zero-order valence-electron chi connectivity index (χ0n) is 5.84. The molecule has 10 heavy (non-hydrogen) atoms. The zero-order valence-corrected chi connectivity index (χ0v) is 6.66. The highest BCUT2D eigenvalue weighted by Crippen LogP contribution is 2.13. The predicted molar refractivity (Wildman–Crippen MR) is 49.3 cm³/mol. The largest absolute Gasteiger partial charge is 0.103 e. The zero-order chi connectivity index (χ0) is 7.40. The van der Waals surface area contributed by atoms with Gasteiger partial charge in [-0.1, -0.05) is 36.5 Å². The fourth-order valence-corrected chi connectivity index (χ4v) is 1.17. The monoisotopic (exact) mass is 150 g/mol. The Kier molecular flexibility index (Phi) is 2.57. The maximum absolute atomic E-state index is 5.13. The minimum atomic E-state index is 0.906. The van der Waals surface area contributed by atoms with Gasteiger partial charge in [0.05, 0.1) is 0 Å². The van der Waals surface area contributed by atoms with Crippen LogP contribution in [0.3, 0.4) is 0 Å². The van der Waals surface area contributed by atoms with E-state index in [9.17, 15) is 0 Å². The maximum Gasteiger partial charge on any atom is 0.0225 e. The first kappa shape index (κ1) is 7.42. The molecular formula is C9H10S. The third-order valence-corrected chi connectivity index (χ3v) is 1.89. The van der Waals surface area contributed by atoms with E-state index in [2.05, 4.69) is 24.8 Å². The minimum Gasteiger partial charge on any atom is -0.103 e. The van der Waals surface area contributed by atoms with E-state index < -0.39 is 0 Å². The molecule has 0 aromatic carbocycles. The van der Waals surface area contributed by atoms with Crippen LogP contribution in [-0.4, -0.2) is 4.86 Å². The molecule has 0 heterocycles. The molecule has 52 valence electrons. The van der Waals surface area contributed by atoms with E-state index >= 15 is 0 Å². The molecule has 0 bridgehead atoms. The SMILES string of the molecule is C=CCC1=CC=CCC1=S. The molecule has 0 saturated heterocycles. The first-order valence-corrected chi connectivity index (χ1v) is 3.75. The van der Waals surface area contributed by atoms with Crippen molar-refractivity contribution in [2.45, 2.75) is 12.8 Å². The summed E-state index contributed by atoms with van der Waals surface area (Å²) in [5, 5.41) is 0. The fourth-order valence-electron chi connectivity index (χ4n) is 0.921. The van der Waals surface area contributed by atoms with Gasteiger partial charge in [-0.15, -0.1) is 6.58 Å². The molecule has 0 aliphatic heterocycles. The average Bonchev–Trinajstić information content (AvgIpc) is 1.94. The van der Waals surface area contributed by atoms with Crippen LogP contribution in [0.25, 0.3) is 0 Å². The second-order valence-electron chi connectivity index (χ2n) is 2.24. The van der Waals surface area contributed by atoms with Gasteiger partial charge in [-0.25, -0.2) is 0 Å². The molecule has 0 aromatic heterocycles. The highest BCUT2D eigenvalue weighted by Gasteiger charge is 2.02. The molecule has 0 amide bonds. The van der Waals surface area contributed by atoms with Gasteiger partial charge < -0.3 is 0 Å². The summed E-state index contributed by atoms with van der Waals surface area (Å²) >= 11 is 5.13. The Morgan fingerprint density at radius 2 is 2.50 bits per heavy atom. The third-order valence-electron chi connectivity index (χ3n) is 1.46. The van der Waals surface area contributed by atoms with Crippen LogP contribution in [0.1, 0.15) is 12.8 Å². The Bertz CT molecular complexity index is 209. The Labute approximate surface area is 66.9 Å². The lowest BCUT2D eigenvalue weighted by atomic mass is 10.0. The first-order chi connectivity index (χ1) is 4.84. The highest BCUT2D eigenvalue weighted by molar-refractivity contribution is 7.80. The standard InChI is InChI=1S/C9H10S/c1-2-5-8-6-3-4-7-9(8)10/h2-4,6H,1,5,7H2. The average molecular weight is 150 g/mol. The lowest BCUT2D eigenvalue weighted by molar-refractivity contribution is 1.29. The molecule has 1 rings (SSSR count). The van der Waals surface area contributed by atoms with Crippen molar-refractivity contribution in [1.29, 1.82) is 0 Å². The Morgan fingerprint density at radius 3 is 3.10 bits per heavy atom. The second kappa shape index (κ2) is 3.47. The van der Waals surface area contributed by atoms with Gasteiger partial charge in [-0.05, 0) is 12.0 Å². The molecule has 0 nitrogen and oxygen atoms in total. The van der Waals surface area contributed by atoms with Crippen LogP contribution < -0.4 is 0 Å². The summed E-state index contributed by atoms with van der Waals surface area (Å²) in [4.78, 5) is 1.06. The quantitative estimate of drug-likeness (QED) is 0.431. The summed E-state index contributed by atoms with van der Waals surface area (Å²) in [6.45, 7) is 3.66. The summed E-state index contributed by atoms with van der Waals surface area (Å²) in [5.74, 6) is 0. The van der Waals surface area contributed by atoms with Gasteiger partial charge in [0.1, 0.15) is 0 Å². The molecule has 1 heteroatoms. The van der Waals surface area contributed by atoms with Crippen LogP contribution >= 0.6 is 12.2 Å². The molecule has 0 unspecified atom stereocenters. The van der Waals surface area contributed by atoms with Crippen molar-refractivity contribution in [2.24, 2.45) is 0 Å². The smallest absolute Gasteiger partial charge is 0.0225 e. The lowest BCUT2D eigenvalue weighted by Crippen LogP contribution is -1.99. The van der Waals surface area contributed by atoms with E-state index in [1.165, 1.54) is 5.57 Å². The Balaban J connectivity index is 2.70. The minimum absolute atomic E-state index is 0.906. The number of rotatable bonds is 2. The summed E-state index contributed by atoms with van der Waals surface area (Å²) in [6.07, 6.45) is 9.91. The van der Waals surface area contributed by atoms with Gasteiger partial charge in [0.25, 0.3) is 0 Å². The van der Waals surface area contributed by atoms with Crippen molar-refractivity contribution in [2.75, 3.05) is 0 Å². The van der Waals surface area contributed by atoms with E-state index in [4.69, 9.17) is 12.2 Å². The van der Waals surface area contributed by atoms with Crippen LogP contribution in [-0.2, 0) is 0 Å². The Hall–Kier alpha value is -0.690. The van der Waals surface area contributed by atoms with Crippen LogP contribution in [0.15, 0.2) is 36.5 Å². The van der Waals surface area contributed by atoms with Crippen LogP contribution in [0.4, 0.5) is 0 Å². The molecular weight excluding hydrogens is 140 g/mol. The van der Waals surface area contributed by atoms with E-state index in [-0.39, 0.29) is 0 Å². The summed E-state index contributed by atoms with van der Waals surface area (Å²) in [6, 6.07) is 0. The maximum atomic E-state index is 5.13. The van der Waals surface area contributed by atoms with Crippen molar-refractivity contribution >= 4 is 17.1 Å². The Morgan fingerprint density at radius 1 is 1.70 bits per heavy atom. The van der Waals surface area contributed by atoms with Crippen LogP contribution in [0.2, 0.25) is 0 Å². The predicted octanol–water partition coefficient (Wildman–Crippen LogP) is 2.82. The molecule has 0 fully saturated rings. The molecule has 0 aromatic rings. The number of allylic oxidation sites excluding steroid dienone is 5. The second-order valence-corrected chi connectivity index (χ2v) is 2.73. The van der Waals surface area contributed by atoms with E-state index in [1.807, 2.05) is 6.08 Å². The summed E-state index contributed by atoms with van der Waals surface area (Å²) < 4.78 is 0. The normalized spacial score (nSPS) is 16.8. The van der Waals surface area contributed by atoms with Crippen molar-refractivity contribution < 1.29 is 0 Å². The molecule has 0 saturated carbocycles. The van der Waals surface area contributed by atoms with Gasteiger partial charge >= 0.3 is 0 Å². The van der Waals surface area contributed by atoms with Crippen molar-refractivity contribution in [3.63, 3.8) is 0 Å². The van der Waals surface area contributed by atoms with E-state index in [0.717, 1.165) is 17.7 Å². The topological polar surface area (TPSA) is 0 Å². The van der Waals surface area contributed by atoms with E-state index in [1.54, 1.807) is 0 Å². The van der Waals surface area contributed by atoms with Crippen LogP contribution in [0, 0.1) is 0 Å². The molecule has 0 N–H and O–H groups in total. The first-order valence-electron chi connectivity index (χ1n) is 3.34. The number of hydrogen-bond donors (Lipinski definition) is 0. The number of thiocarbonyl (C=S) groups is 1. The number of hydrogen-bond acceptors (Lipinski definition) is 1. The molecule has 0 radical (unpaired) electrons. The summed E-state index contributed by atoms with van der Waals surface area (Å²) in [7, 11) is 0. The lowest BCUT2D eigenvalue weighted by Gasteiger charge is -2.06. The molecule has 1 aliphatic carbocycles. The summed E-state index contributed by atoms with van der Waals surface area (Å²) in [5.41, 5.74) is 1.24.